The highest BCUT2D eigenvalue weighted by Crippen LogP contribution is 2.27. The van der Waals surface area contributed by atoms with E-state index in [1.54, 1.807) is 24.3 Å². The molecule has 0 saturated heterocycles. The minimum Gasteiger partial charge on any atom is -0.349 e. The maximum Gasteiger partial charge on any atom is 0.223 e. The van der Waals surface area contributed by atoms with Crippen molar-refractivity contribution in [2.75, 3.05) is 6.26 Å². The number of amides is 1. The predicted octanol–water partition coefficient (Wildman–Crippen LogP) is 2.07. The summed E-state index contributed by atoms with van der Waals surface area (Å²) in [5.41, 5.74) is 0.917. The van der Waals surface area contributed by atoms with Gasteiger partial charge in [0.25, 0.3) is 0 Å². The lowest BCUT2D eigenvalue weighted by Crippen LogP contribution is -2.35. The zero-order valence-corrected chi connectivity index (χ0v) is 12.0. The number of nitrogens with one attached hydrogen (secondary N) is 1. The molecule has 4 nitrogen and oxygen atoms in total. The van der Waals surface area contributed by atoms with E-state index >= 15 is 0 Å². The molecular weight excluding hydrogens is 262 g/mol. The van der Waals surface area contributed by atoms with Crippen LogP contribution in [0.15, 0.2) is 29.2 Å². The molecule has 0 radical (unpaired) electrons. The Hall–Kier alpha value is -1.36. The van der Waals surface area contributed by atoms with Gasteiger partial charge in [0.05, 0.1) is 10.9 Å². The number of carbonyl (C=O) groups excluding carboxylic acids is 1. The van der Waals surface area contributed by atoms with E-state index in [-0.39, 0.29) is 17.9 Å². The lowest BCUT2D eigenvalue weighted by Gasteiger charge is -2.26. The first-order chi connectivity index (χ1) is 8.88. The number of hydrogen-bond donors (Lipinski definition) is 1. The van der Waals surface area contributed by atoms with Crippen LogP contribution in [-0.2, 0) is 14.6 Å². The van der Waals surface area contributed by atoms with Crippen molar-refractivity contribution in [1.29, 1.82) is 0 Å². The normalized spacial score (nSPS) is 17.6. The highest BCUT2D eigenvalue weighted by Gasteiger charge is 2.26. The lowest BCUT2D eigenvalue weighted by molar-refractivity contribution is -0.128. The van der Waals surface area contributed by atoms with Crippen LogP contribution < -0.4 is 5.32 Å². The fourth-order valence-electron chi connectivity index (χ4n) is 2.09. The van der Waals surface area contributed by atoms with Crippen LogP contribution in [0.1, 0.15) is 37.8 Å². The second kappa shape index (κ2) is 5.33. The Labute approximate surface area is 114 Å². The quantitative estimate of drug-likeness (QED) is 0.919. The first-order valence-electron chi connectivity index (χ1n) is 6.48. The van der Waals surface area contributed by atoms with Crippen LogP contribution in [0.2, 0.25) is 0 Å². The number of rotatable bonds is 4. The monoisotopic (exact) mass is 281 g/mol. The molecule has 1 N–H and O–H groups in total. The van der Waals surface area contributed by atoms with E-state index in [4.69, 9.17) is 0 Å². The van der Waals surface area contributed by atoms with Crippen molar-refractivity contribution in [3.63, 3.8) is 0 Å². The summed E-state index contributed by atoms with van der Waals surface area (Å²) in [6.45, 7) is 1.91. The molecule has 1 saturated carbocycles. The van der Waals surface area contributed by atoms with Gasteiger partial charge in [0, 0.05) is 12.2 Å². The van der Waals surface area contributed by atoms with E-state index in [1.807, 2.05) is 6.92 Å². The van der Waals surface area contributed by atoms with Gasteiger partial charge in [-0.15, -0.1) is 0 Å². The molecule has 0 bridgehead atoms. The molecule has 0 unspecified atom stereocenters. The average Bonchev–Trinajstić information content (AvgIpc) is 2.25. The van der Waals surface area contributed by atoms with E-state index in [2.05, 4.69) is 5.32 Å². The molecule has 1 fully saturated rings. The molecule has 0 aliphatic heterocycles. The van der Waals surface area contributed by atoms with Crippen molar-refractivity contribution in [2.24, 2.45) is 5.92 Å². The summed E-state index contributed by atoms with van der Waals surface area (Å²) in [5, 5.41) is 2.97. The molecule has 0 heterocycles. The molecule has 0 spiro atoms. The maximum atomic E-state index is 11.8. The minimum absolute atomic E-state index is 0.0956. The molecular formula is C14H19NO3S. The second-order valence-electron chi connectivity index (χ2n) is 5.20. The van der Waals surface area contributed by atoms with Crippen LogP contribution >= 0.6 is 0 Å². The van der Waals surface area contributed by atoms with Crippen molar-refractivity contribution < 1.29 is 13.2 Å². The standard InChI is InChI=1S/C14H19NO3S/c1-10(15-14(16)12-4-3-5-12)11-6-8-13(9-7-11)19(2,17)18/h6-10,12H,3-5H2,1-2H3,(H,15,16)/t10-/m1/s1. The van der Waals surface area contributed by atoms with Crippen molar-refractivity contribution in [1.82, 2.24) is 5.32 Å². The largest absolute Gasteiger partial charge is 0.349 e. The summed E-state index contributed by atoms with van der Waals surface area (Å²) in [7, 11) is -3.16. The summed E-state index contributed by atoms with van der Waals surface area (Å²) in [6, 6.07) is 6.57. The fourth-order valence-corrected chi connectivity index (χ4v) is 2.72. The third-order valence-electron chi connectivity index (χ3n) is 3.64. The Morgan fingerprint density at radius 1 is 1.26 bits per heavy atom. The van der Waals surface area contributed by atoms with Crippen LogP contribution in [0.25, 0.3) is 0 Å². The smallest absolute Gasteiger partial charge is 0.223 e. The third-order valence-corrected chi connectivity index (χ3v) is 4.77. The SMILES string of the molecule is C[C@@H](NC(=O)C1CCC1)c1ccc(S(C)(=O)=O)cc1. The Morgan fingerprint density at radius 3 is 2.26 bits per heavy atom. The third kappa shape index (κ3) is 3.35. The van der Waals surface area contributed by atoms with Crippen LogP contribution in [0.3, 0.4) is 0 Å². The van der Waals surface area contributed by atoms with Gasteiger partial charge in [-0.1, -0.05) is 18.6 Å². The summed E-state index contributed by atoms with van der Waals surface area (Å²) in [4.78, 5) is 12.1. The summed E-state index contributed by atoms with van der Waals surface area (Å²) in [5.74, 6) is 0.267. The number of benzene rings is 1. The lowest BCUT2D eigenvalue weighted by atomic mass is 9.84. The van der Waals surface area contributed by atoms with E-state index in [0.29, 0.717) is 4.90 Å². The van der Waals surface area contributed by atoms with E-state index in [9.17, 15) is 13.2 Å². The van der Waals surface area contributed by atoms with Crippen molar-refractivity contribution >= 4 is 15.7 Å². The molecule has 104 valence electrons. The molecule has 0 aromatic heterocycles. The van der Waals surface area contributed by atoms with Crippen LogP contribution in [0.4, 0.5) is 0 Å². The van der Waals surface area contributed by atoms with Gasteiger partial charge >= 0.3 is 0 Å². The van der Waals surface area contributed by atoms with Gasteiger partial charge in [0.15, 0.2) is 9.84 Å². The number of sulfone groups is 1. The van der Waals surface area contributed by atoms with E-state index in [1.165, 1.54) is 6.26 Å². The fraction of sp³-hybridized carbons (Fsp3) is 0.500. The summed E-state index contributed by atoms with van der Waals surface area (Å²) < 4.78 is 22.7. The molecule has 1 aromatic rings. The number of carbonyl (C=O) groups is 1. The predicted molar refractivity (Wildman–Crippen MR) is 73.5 cm³/mol. The van der Waals surface area contributed by atoms with Crippen LogP contribution in [-0.4, -0.2) is 20.6 Å². The van der Waals surface area contributed by atoms with Crippen molar-refractivity contribution in [3.8, 4) is 0 Å². The minimum atomic E-state index is -3.16. The Morgan fingerprint density at radius 2 is 1.84 bits per heavy atom. The van der Waals surface area contributed by atoms with Gasteiger partial charge in [0.2, 0.25) is 5.91 Å². The van der Waals surface area contributed by atoms with Gasteiger partial charge in [-0.25, -0.2) is 8.42 Å². The molecule has 19 heavy (non-hydrogen) atoms. The molecule has 2 rings (SSSR count). The van der Waals surface area contributed by atoms with Gasteiger partial charge in [-0.2, -0.15) is 0 Å². The first-order valence-corrected chi connectivity index (χ1v) is 8.37. The van der Waals surface area contributed by atoms with Crippen molar-refractivity contribution in [3.05, 3.63) is 29.8 Å². The highest BCUT2D eigenvalue weighted by molar-refractivity contribution is 7.90. The van der Waals surface area contributed by atoms with Gasteiger partial charge in [0.1, 0.15) is 0 Å². The molecule has 1 amide bonds. The zero-order chi connectivity index (χ0) is 14.0. The Kier molecular flexibility index (Phi) is 3.94. The Balaban J connectivity index is 2.03. The van der Waals surface area contributed by atoms with Gasteiger partial charge < -0.3 is 5.32 Å². The molecule has 1 aliphatic rings. The molecule has 1 atom stereocenters. The number of hydrogen-bond acceptors (Lipinski definition) is 3. The first kappa shape index (κ1) is 14.1. The summed E-state index contributed by atoms with van der Waals surface area (Å²) in [6.07, 6.45) is 4.27. The Bertz CT molecular complexity index is 559. The highest BCUT2D eigenvalue weighted by atomic mass is 32.2. The van der Waals surface area contributed by atoms with Crippen LogP contribution in [0.5, 0.6) is 0 Å². The second-order valence-corrected chi connectivity index (χ2v) is 7.22. The molecule has 5 heteroatoms. The van der Waals surface area contributed by atoms with E-state index in [0.717, 1.165) is 24.8 Å². The maximum absolute atomic E-state index is 11.8. The zero-order valence-electron chi connectivity index (χ0n) is 11.2. The topological polar surface area (TPSA) is 63.2 Å². The average molecular weight is 281 g/mol. The van der Waals surface area contributed by atoms with Gasteiger partial charge in [-0.05, 0) is 37.5 Å². The van der Waals surface area contributed by atoms with Crippen molar-refractivity contribution in [2.45, 2.75) is 37.1 Å². The van der Waals surface area contributed by atoms with E-state index < -0.39 is 9.84 Å². The van der Waals surface area contributed by atoms with Gasteiger partial charge in [-0.3, -0.25) is 4.79 Å². The van der Waals surface area contributed by atoms with Crippen LogP contribution in [0, 0.1) is 5.92 Å². The molecule has 1 aliphatic carbocycles. The molecule has 1 aromatic carbocycles. The summed E-state index contributed by atoms with van der Waals surface area (Å²) >= 11 is 0.